The van der Waals surface area contributed by atoms with Crippen molar-refractivity contribution in [2.45, 2.75) is 50.6 Å². The molecule has 2 aromatic rings. The third-order valence-electron chi connectivity index (χ3n) is 5.88. The van der Waals surface area contributed by atoms with Gasteiger partial charge in [-0.3, -0.25) is 24.2 Å². The highest BCUT2D eigenvalue weighted by atomic mass is 32.1. The molecule has 10 N–H and O–H groups in total. The summed E-state index contributed by atoms with van der Waals surface area (Å²) in [6.45, 7) is 0.587. The summed E-state index contributed by atoms with van der Waals surface area (Å²) in [4.78, 5) is 58.9. The summed E-state index contributed by atoms with van der Waals surface area (Å²) in [5.41, 5.74) is 17.5. The van der Waals surface area contributed by atoms with Gasteiger partial charge >= 0.3 is 0 Å². The number of methoxy groups -OCH3 is 1. The maximum atomic E-state index is 13.3. The Bertz CT molecular complexity index is 1290. The fourth-order valence-electron chi connectivity index (χ4n) is 3.85. The summed E-state index contributed by atoms with van der Waals surface area (Å²) in [5, 5.41) is 20.2. The van der Waals surface area contributed by atoms with Crippen LogP contribution in [0.15, 0.2) is 23.2 Å². The number of anilines is 1. The molecule has 2 atom stereocenters. The predicted octanol–water partition coefficient (Wildman–Crippen LogP) is -0.589. The molecule has 4 amide bonds. The van der Waals surface area contributed by atoms with E-state index in [0.717, 1.165) is 4.70 Å². The quantitative estimate of drug-likeness (QED) is 0.0648. The topological polar surface area (TPSA) is 253 Å². The number of nitriles is 1. The van der Waals surface area contributed by atoms with Crippen LogP contribution in [0.5, 0.6) is 0 Å². The molecule has 1 heterocycles. The van der Waals surface area contributed by atoms with E-state index in [1.54, 1.807) is 18.2 Å². The molecule has 0 aliphatic heterocycles. The van der Waals surface area contributed by atoms with Gasteiger partial charge in [-0.25, -0.2) is 4.98 Å². The number of thiazole rings is 1. The fraction of sp³-hybridized carbons (Fsp3) is 0.500. The molecule has 1 aromatic heterocycles. The first-order valence-electron chi connectivity index (χ1n) is 13.4. The summed E-state index contributed by atoms with van der Waals surface area (Å²) in [7, 11) is 1.38. The van der Waals surface area contributed by atoms with Crippen LogP contribution in [0.25, 0.3) is 10.2 Å². The lowest BCUT2D eigenvalue weighted by molar-refractivity contribution is -0.131. The lowest BCUT2D eigenvalue weighted by atomic mass is 10.1. The Morgan fingerprint density at radius 1 is 1.07 bits per heavy atom. The molecule has 42 heavy (non-hydrogen) atoms. The minimum atomic E-state index is -0.982. The van der Waals surface area contributed by atoms with Gasteiger partial charge < -0.3 is 43.2 Å². The Hall–Kier alpha value is -4.33. The van der Waals surface area contributed by atoms with E-state index in [1.165, 1.54) is 18.4 Å². The van der Waals surface area contributed by atoms with Crippen molar-refractivity contribution in [3.8, 4) is 6.07 Å². The lowest BCUT2D eigenvalue weighted by Gasteiger charge is -2.23. The highest BCUT2D eigenvalue weighted by Gasteiger charge is 2.26. The molecule has 0 fully saturated rings. The van der Waals surface area contributed by atoms with Gasteiger partial charge in [0.1, 0.15) is 24.8 Å². The van der Waals surface area contributed by atoms with E-state index in [1.807, 2.05) is 6.07 Å². The van der Waals surface area contributed by atoms with Crippen LogP contribution in [0.3, 0.4) is 0 Å². The lowest BCUT2D eigenvalue weighted by Crippen LogP contribution is -2.53. The number of hydrogen-bond acceptors (Lipinski definition) is 10. The van der Waals surface area contributed by atoms with Crippen molar-refractivity contribution in [2.75, 3.05) is 38.7 Å². The number of unbranched alkanes of at least 4 members (excludes halogenated alkanes) is 1. The molecule has 0 unspecified atom stereocenters. The zero-order chi connectivity index (χ0) is 30.9. The first kappa shape index (κ1) is 33.9. The zero-order valence-corrected chi connectivity index (χ0v) is 24.3. The molecule has 0 aliphatic carbocycles. The van der Waals surface area contributed by atoms with E-state index in [0.29, 0.717) is 48.4 Å². The second kappa shape index (κ2) is 18.2. The number of amides is 4. The van der Waals surface area contributed by atoms with Crippen LogP contribution < -0.4 is 38.5 Å². The third-order valence-corrected chi connectivity index (χ3v) is 6.80. The van der Waals surface area contributed by atoms with E-state index < -0.39 is 29.8 Å². The Labute approximate surface area is 247 Å². The molecule has 0 spiro atoms. The number of ether oxygens (including phenoxy) is 1. The van der Waals surface area contributed by atoms with Crippen LogP contribution in [0.2, 0.25) is 0 Å². The fourth-order valence-corrected chi connectivity index (χ4v) is 4.65. The number of aromatic nitrogens is 1. The van der Waals surface area contributed by atoms with E-state index in [2.05, 4.69) is 31.2 Å². The number of carbonyl (C=O) groups excluding carboxylic acids is 4. The van der Waals surface area contributed by atoms with Crippen molar-refractivity contribution in [1.82, 2.24) is 20.9 Å². The molecule has 228 valence electrons. The standard InChI is InChI=1S/C26H38N10O5S/c1-41-15-22(38)31-12-9-21(37)34-18(6-4-11-32-26(29)30)25(40)36-19(5-2-3-10-27)24(39)33-16-7-8-17-20(13-16)42-23(14-28)35-17/h7-8,13,18-19H,2-6,9-12,15,27H2,1H3,(H,31,38)(H,33,39)(H,34,37)(H,36,40)(H4,29,30,32)/t18-,19-/m0/s1. The van der Waals surface area contributed by atoms with Crippen molar-refractivity contribution < 1.29 is 23.9 Å². The second-order valence-electron chi connectivity index (χ2n) is 9.25. The number of fused-ring (bicyclic) bond motifs is 1. The van der Waals surface area contributed by atoms with Crippen molar-refractivity contribution in [3.63, 3.8) is 0 Å². The number of aliphatic imine (C=N–C) groups is 1. The average Bonchev–Trinajstić information content (AvgIpc) is 3.36. The molecular formula is C26H38N10O5S. The Morgan fingerprint density at radius 3 is 2.50 bits per heavy atom. The van der Waals surface area contributed by atoms with E-state index in [-0.39, 0.29) is 44.4 Å². The Kier molecular flexibility index (Phi) is 14.7. The number of rotatable bonds is 18. The van der Waals surface area contributed by atoms with Crippen LogP contribution in [-0.2, 0) is 23.9 Å². The van der Waals surface area contributed by atoms with Gasteiger partial charge in [-0.2, -0.15) is 5.26 Å². The summed E-state index contributed by atoms with van der Waals surface area (Å²) in [6.07, 6.45) is 2.06. The van der Waals surface area contributed by atoms with E-state index in [4.69, 9.17) is 27.2 Å². The van der Waals surface area contributed by atoms with Crippen molar-refractivity contribution in [2.24, 2.45) is 22.2 Å². The average molecular weight is 603 g/mol. The molecule has 2 rings (SSSR count). The first-order valence-corrected chi connectivity index (χ1v) is 14.2. The minimum Gasteiger partial charge on any atom is -0.375 e. The molecule has 1 aromatic carbocycles. The van der Waals surface area contributed by atoms with Gasteiger partial charge in [0, 0.05) is 32.3 Å². The third kappa shape index (κ3) is 12.0. The van der Waals surface area contributed by atoms with Crippen LogP contribution in [0, 0.1) is 11.3 Å². The van der Waals surface area contributed by atoms with Gasteiger partial charge in [0.2, 0.25) is 23.6 Å². The summed E-state index contributed by atoms with van der Waals surface area (Å²) in [5.74, 6) is -1.93. The number of nitrogens with two attached hydrogens (primary N) is 3. The maximum absolute atomic E-state index is 13.3. The smallest absolute Gasteiger partial charge is 0.246 e. The van der Waals surface area contributed by atoms with Gasteiger partial charge in [-0.1, -0.05) is 0 Å². The van der Waals surface area contributed by atoms with Crippen molar-refractivity contribution in [3.05, 3.63) is 23.2 Å². The molecule has 0 saturated carbocycles. The number of benzene rings is 1. The van der Waals surface area contributed by atoms with Crippen LogP contribution in [-0.4, -0.2) is 80.0 Å². The number of nitrogens with one attached hydrogen (secondary N) is 4. The highest BCUT2D eigenvalue weighted by Crippen LogP contribution is 2.25. The molecule has 16 heteroatoms. The molecule has 0 saturated heterocycles. The zero-order valence-electron chi connectivity index (χ0n) is 23.5. The number of guanidine groups is 1. The monoisotopic (exact) mass is 602 g/mol. The van der Waals surface area contributed by atoms with Gasteiger partial charge in [-0.05, 0) is 56.8 Å². The molecule has 0 aliphatic rings. The SMILES string of the molecule is COCC(=O)NCCC(=O)N[C@@H](CCCN=C(N)N)C(=O)N[C@@H](CCCCN)C(=O)Nc1ccc2nc(C#N)sc2c1. The van der Waals surface area contributed by atoms with Crippen LogP contribution >= 0.6 is 11.3 Å². The summed E-state index contributed by atoms with van der Waals surface area (Å²) < 4.78 is 5.47. The summed E-state index contributed by atoms with van der Waals surface area (Å²) >= 11 is 1.20. The van der Waals surface area contributed by atoms with E-state index >= 15 is 0 Å². The molecule has 0 radical (unpaired) electrons. The normalized spacial score (nSPS) is 12.0. The minimum absolute atomic E-state index is 0.0560. The molecule has 15 nitrogen and oxygen atoms in total. The molecular weight excluding hydrogens is 564 g/mol. The Balaban J connectivity index is 2.11. The highest BCUT2D eigenvalue weighted by molar-refractivity contribution is 7.19. The van der Waals surface area contributed by atoms with Crippen LogP contribution in [0.1, 0.15) is 43.5 Å². The van der Waals surface area contributed by atoms with Gasteiger partial charge in [0.05, 0.1) is 10.2 Å². The largest absolute Gasteiger partial charge is 0.375 e. The number of hydrogen-bond donors (Lipinski definition) is 7. The summed E-state index contributed by atoms with van der Waals surface area (Å²) in [6, 6.07) is 5.18. The number of nitrogens with zero attached hydrogens (tertiary/aromatic N) is 3. The Morgan fingerprint density at radius 2 is 1.81 bits per heavy atom. The van der Waals surface area contributed by atoms with Crippen LogP contribution in [0.4, 0.5) is 5.69 Å². The first-order chi connectivity index (χ1) is 20.2. The van der Waals surface area contributed by atoms with Crippen molar-refractivity contribution in [1.29, 1.82) is 5.26 Å². The van der Waals surface area contributed by atoms with Gasteiger partial charge in [-0.15, -0.1) is 11.3 Å². The number of carbonyl (C=O) groups is 4. The van der Waals surface area contributed by atoms with E-state index in [9.17, 15) is 19.2 Å². The predicted molar refractivity (Wildman–Crippen MR) is 159 cm³/mol. The second-order valence-corrected chi connectivity index (χ2v) is 10.3. The van der Waals surface area contributed by atoms with Gasteiger partial charge in [0.15, 0.2) is 11.0 Å². The van der Waals surface area contributed by atoms with Crippen molar-refractivity contribution >= 4 is 56.8 Å². The maximum Gasteiger partial charge on any atom is 0.246 e. The molecule has 0 bridgehead atoms. The van der Waals surface area contributed by atoms with Gasteiger partial charge in [0.25, 0.3) is 0 Å².